The maximum absolute atomic E-state index is 9.27. The predicted octanol–water partition coefficient (Wildman–Crippen LogP) is 4.02. The molecule has 1 fully saturated rings. The van der Waals surface area contributed by atoms with Gasteiger partial charge in [-0.05, 0) is 18.7 Å². The Morgan fingerprint density at radius 2 is 2.35 bits per heavy atom. The third-order valence-corrected chi connectivity index (χ3v) is 5.92. The topological polar surface area (TPSA) is 77.8 Å². The molecule has 6 nitrogen and oxygen atoms in total. The van der Waals surface area contributed by atoms with Gasteiger partial charge in [-0.1, -0.05) is 12.1 Å². The quantitative estimate of drug-likeness (QED) is 0.348. The van der Waals surface area contributed by atoms with E-state index in [1.54, 1.807) is 12.3 Å². The number of fused-ring (bicyclic) bond motifs is 1. The molecule has 132 valence electrons. The second-order valence-corrected chi connectivity index (χ2v) is 8.17. The Balaban J connectivity index is 1.69. The molecule has 0 aliphatic carbocycles. The average Bonchev–Trinajstić information content (AvgIpc) is 3.28. The normalized spacial score (nSPS) is 17.5. The van der Waals surface area contributed by atoms with Crippen LogP contribution in [0.2, 0.25) is 0 Å². The van der Waals surface area contributed by atoms with Crippen LogP contribution < -0.4 is 4.74 Å². The number of nitriles is 1. The number of hydrogen-bond acceptors (Lipinski definition) is 6. The number of nitrogens with one attached hydrogen (secondary N) is 1. The van der Waals surface area contributed by atoms with Gasteiger partial charge in [-0.3, -0.25) is 0 Å². The van der Waals surface area contributed by atoms with Crippen molar-refractivity contribution in [2.45, 2.75) is 17.6 Å². The van der Waals surface area contributed by atoms with Crippen LogP contribution in [0.5, 0.6) is 5.88 Å². The minimum atomic E-state index is 0.157. The molecule has 0 spiro atoms. The summed E-state index contributed by atoms with van der Waals surface area (Å²) >= 11 is 3.85. The third-order valence-electron chi connectivity index (χ3n) is 4.39. The van der Waals surface area contributed by atoms with Gasteiger partial charge in [0.2, 0.25) is 5.88 Å². The summed E-state index contributed by atoms with van der Waals surface area (Å²) in [6.45, 7) is 1.93. The molecular weight excluding hydrogens is 461 g/mol. The van der Waals surface area contributed by atoms with E-state index in [0.717, 1.165) is 46.7 Å². The molecule has 1 aromatic carbocycles. The van der Waals surface area contributed by atoms with Crippen molar-refractivity contribution in [1.82, 2.24) is 18.1 Å². The van der Waals surface area contributed by atoms with E-state index in [1.807, 2.05) is 24.6 Å². The molecule has 1 N–H and O–H groups in total. The minimum Gasteiger partial charge on any atom is -0.471 e. The summed E-state index contributed by atoms with van der Waals surface area (Å²) in [4.78, 5) is 12.5. The van der Waals surface area contributed by atoms with Crippen molar-refractivity contribution >= 4 is 45.5 Å². The molecule has 3 heterocycles. The SMILES string of the molecule is CSc1nc(-c2c[nH]c3c(C#N)cccc23)cnc1OC1CCN(I)C1. The number of hydrogen-bond donors (Lipinski definition) is 1. The van der Waals surface area contributed by atoms with Crippen LogP contribution in [0.3, 0.4) is 0 Å². The van der Waals surface area contributed by atoms with Crippen molar-refractivity contribution in [3.8, 4) is 23.2 Å². The van der Waals surface area contributed by atoms with Gasteiger partial charge >= 0.3 is 0 Å². The lowest BCUT2D eigenvalue weighted by Gasteiger charge is -2.14. The van der Waals surface area contributed by atoms with Gasteiger partial charge in [0.05, 0.1) is 23.0 Å². The van der Waals surface area contributed by atoms with E-state index in [-0.39, 0.29) is 6.10 Å². The monoisotopic (exact) mass is 477 g/mol. The number of thioether (sulfide) groups is 1. The first-order valence-corrected chi connectivity index (χ1v) is 10.4. The molecule has 0 radical (unpaired) electrons. The molecule has 1 unspecified atom stereocenters. The number of aromatic amines is 1. The Kier molecular flexibility index (Phi) is 5.02. The summed E-state index contributed by atoms with van der Waals surface area (Å²) in [6.07, 6.45) is 6.76. The van der Waals surface area contributed by atoms with E-state index >= 15 is 0 Å². The second-order valence-electron chi connectivity index (χ2n) is 6.01. The van der Waals surface area contributed by atoms with Gasteiger partial charge in [0.25, 0.3) is 0 Å². The Morgan fingerprint density at radius 3 is 3.08 bits per heavy atom. The highest BCUT2D eigenvalue weighted by Gasteiger charge is 2.24. The van der Waals surface area contributed by atoms with Crippen molar-refractivity contribution in [2.24, 2.45) is 0 Å². The number of halogens is 1. The third kappa shape index (κ3) is 3.26. The van der Waals surface area contributed by atoms with E-state index in [0.29, 0.717) is 11.4 Å². The van der Waals surface area contributed by atoms with Crippen molar-refractivity contribution in [1.29, 1.82) is 5.26 Å². The number of nitrogens with zero attached hydrogens (tertiary/aromatic N) is 4. The number of H-pyrrole nitrogens is 1. The molecule has 1 atom stereocenters. The molecule has 3 aromatic rings. The van der Waals surface area contributed by atoms with Gasteiger partial charge in [0, 0.05) is 53.1 Å². The zero-order chi connectivity index (χ0) is 18.1. The van der Waals surface area contributed by atoms with Crippen molar-refractivity contribution in [3.63, 3.8) is 0 Å². The highest BCUT2D eigenvalue weighted by Crippen LogP contribution is 2.33. The average molecular weight is 477 g/mol. The van der Waals surface area contributed by atoms with Gasteiger partial charge in [0.1, 0.15) is 12.2 Å². The summed E-state index contributed by atoms with van der Waals surface area (Å²) in [5.74, 6) is 0.593. The molecule has 26 heavy (non-hydrogen) atoms. The summed E-state index contributed by atoms with van der Waals surface area (Å²) in [6, 6.07) is 7.89. The second kappa shape index (κ2) is 7.42. The number of benzene rings is 1. The fraction of sp³-hybridized carbons (Fsp3) is 0.278. The van der Waals surface area contributed by atoms with Gasteiger partial charge in [-0.15, -0.1) is 11.8 Å². The van der Waals surface area contributed by atoms with Crippen LogP contribution in [0.4, 0.5) is 0 Å². The Bertz CT molecular complexity index is 999. The molecular formula is C18H16IN5OS. The van der Waals surface area contributed by atoms with Crippen LogP contribution in [-0.2, 0) is 0 Å². The fourth-order valence-corrected chi connectivity index (χ4v) is 4.29. The molecule has 4 rings (SSSR count). The summed E-state index contributed by atoms with van der Waals surface area (Å²) in [7, 11) is 0. The maximum atomic E-state index is 9.27. The van der Waals surface area contributed by atoms with Gasteiger partial charge in [0.15, 0.2) is 5.03 Å². The molecule has 0 amide bonds. The smallest absolute Gasteiger partial charge is 0.247 e. The molecule has 1 saturated heterocycles. The summed E-state index contributed by atoms with van der Waals surface area (Å²) < 4.78 is 8.30. The largest absolute Gasteiger partial charge is 0.471 e. The van der Waals surface area contributed by atoms with E-state index in [4.69, 9.17) is 9.72 Å². The lowest BCUT2D eigenvalue weighted by Crippen LogP contribution is -2.19. The van der Waals surface area contributed by atoms with Crippen molar-refractivity contribution in [2.75, 3.05) is 19.3 Å². The van der Waals surface area contributed by atoms with Crippen LogP contribution in [0, 0.1) is 11.3 Å². The number of para-hydroxylation sites is 1. The zero-order valence-corrected chi connectivity index (χ0v) is 17.0. The van der Waals surface area contributed by atoms with E-state index in [2.05, 4.69) is 42.0 Å². The molecule has 0 bridgehead atoms. The van der Waals surface area contributed by atoms with Crippen molar-refractivity contribution in [3.05, 3.63) is 36.2 Å². The predicted molar refractivity (Wildman–Crippen MR) is 110 cm³/mol. The van der Waals surface area contributed by atoms with E-state index in [1.165, 1.54) is 11.8 Å². The number of aromatic nitrogens is 3. The zero-order valence-electron chi connectivity index (χ0n) is 14.1. The van der Waals surface area contributed by atoms with Gasteiger partial charge in [-0.2, -0.15) is 5.26 Å². The first kappa shape index (κ1) is 17.6. The van der Waals surface area contributed by atoms with Crippen LogP contribution in [-0.4, -0.2) is 43.5 Å². The maximum Gasteiger partial charge on any atom is 0.247 e. The standard InChI is InChI=1S/C18H16IN5OS/c1-26-18-17(25-12-5-6-24(19)10-12)22-9-15(23-18)14-8-21-16-11(7-20)3-2-4-13(14)16/h2-4,8-9,12,21H,5-6,10H2,1H3. The highest BCUT2D eigenvalue weighted by atomic mass is 127. The van der Waals surface area contributed by atoms with Gasteiger partial charge < -0.3 is 9.72 Å². The molecule has 1 aliphatic heterocycles. The summed E-state index contributed by atoms with van der Waals surface area (Å²) in [5, 5.41) is 11.0. The lowest BCUT2D eigenvalue weighted by molar-refractivity contribution is 0.202. The molecule has 2 aromatic heterocycles. The number of rotatable bonds is 4. The molecule has 8 heteroatoms. The van der Waals surface area contributed by atoms with Crippen LogP contribution in [0.15, 0.2) is 35.6 Å². The van der Waals surface area contributed by atoms with Crippen molar-refractivity contribution < 1.29 is 4.74 Å². The fourth-order valence-electron chi connectivity index (χ4n) is 3.11. The van der Waals surface area contributed by atoms with Gasteiger partial charge in [-0.25, -0.2) is 13.1 Å². The molecule has 1 aliphatic rings. The van der Waals surface area contributed by atoms with E-state index < -0.39 is 0 Å². The molecule has 0 saturated carbocycles. The number of ether oxygens (including phenoxy) is 1. The van der Waals surface area contributed by atoms with Crippen LogP contribution in [0.1, 0.15) is 12.0 Å². The Labute approximate surface area is 169 Å². The van der Waals surface area contributed by atoms with Crippen LogP contribution in [0.25, 0.3) is 22.2 Å². The summed E-state index contributed by atoms with van der Waals surface area (Å²) in [5.41, 5.74) is 3.15. The highest BCUT2D eigenvalue weighted by molar-refractivity contribution is 14.1. The van der Waals surface area contributed by atoms with E-state index in [9.17, 15) is 5.26 Å². The minimum absolute atomic E-state index is 0.157. The Hall–Kier alpha value is -1.83. The Morgan fingerprint density at radius 1 is 1.46 bits per heavy atom. The first-order chi connectivity index (χ1) is 12.7. The van der Waals surface area contributed by atoms with Crippen LogP contribution >= 0.6 is 34.6 Å². The lowest BCUT2D eigenvalue weighted by atomic mass is 10.1. The first-order valence-electron chi connectivity index (χ1n) is 8.18.